The fraction of sp³-hybridized carbons (Fsp3) is 0.294. The topological polar surface area (TPSA) is 91.4 Å². The van der Waals surface area contributed by atoms with Gasteiger partial charge in [-0.3, -0.25) is 9.59 Å². The van der Waals surface area contributed by atoms with Crippen LogP contribution in [0, 0.1) is 0 Å². The van der Waals surface area contributed by atoms with Crippen molar-refractivity contribution in [1.29, 1.82) is 0 Å². The van der Waals surface area contributed by atoms with E-state index in [1.165, 1.54) is 0 Å². The second kappa shape index (κ2) is 6.16. The molecule has 2 aromatic rings. The van der Waals surface area contributed by atoms with Crippen LogP contribution in [-0.4, -0.2) is 23.1 Å². The summed E-state index contributed by atoms with van der Waals surface area (Å²) < 4.78 is 5.05. The highest BCUT2D eigenvalue weighted by Crippen LogP contribution is 2.29. The molecule has 3 N–H and O–H groups in total. The number of pyridine rings is 1. The molecule has 0 fully saturated rings. The van der Waals surface area contributed by atoms with E-state index in [-0.39, 0.29) is 11.3 Å². The SMILES string of the molecule is COc1ccc(NC(=O)c2c(O)c3c([nH]c2=O)CCCC3)cc1. The van der Waals surface area contributed by atoms with Crippen molar-refractivity contribution in [3.63, 3.8) is 0 Å². The fourth-order valence-electron chi connectivity index (χ4n) is 2.84. The van der Waals surface area contributed by atoms with Gasteiger partial charge < -0.3 is 20.1 Å². The molecule has 1 aromatic carbocycles. The molecule has 1 aromatic heterocycles. The highest BCUT2D eigenvalue weighted by molar-refractivity contribution is 6.06. The predicted octanol–water partition coefficient (Wildman–Crippen LogP) is 2.22. The van der Waals surface area contributed by atoms with Crippen molar-refractivity contribution in [2.24, 2.45) is 0 Å². The van der Waals surface area contributed by atoms with Gasteiger partial charge in [-0.05, 0) is 49.9 Å². The Hall–Kier alpha value is -2.76. The van der Waals surface area contributed by atoms with E-state index in [1.54, 1.807) is 31.4 Å². The summed E-state index contributed by atoms with van der Waals surface area (Å²) in [5.41, 5.74) is 1.14. The number of fused-ring (bicyclic) bond motifs is 1. The van der Waals surface area contributed by atoms with Gasteiger partial charge in [-0.25, -0.2) is 0 Å². The van der Waals surface area contributed by atoms with Crippen molar-refractivity contribution < 1.29 is 14.6 Å². The van der Waals surface area contributed by atoms with E-state index in [2.05, 4.69) is 10.3 Å². The largest absolute Gasteiger partial charge is 0.507 e. The third-order valence-electron chi connectivity index (χ3n) is 4.06. The first-order valence-corrected chi connectivity index (χ1v) is 7.52. The van der Waals surface area contributed by atoms with Gasteiger partial charge >= 0.3 is 0 Å². The molecule has 0 bridgehead atoms. The molecule has 3 rings (SSSR count). The molecule has 0 radical (unpaired) electrons. The minimum Gasteiger partial charge on any atom is -0.507 e. The van der Waals surface area contributed by atoms with Gasteiger partial charge in [-0.2, -0.15) is 0 Å². The Morgan fingerprint density at radius 3 is 2.61 bits per heavy atom. The van der Waals surface area contributed by atoms with Crippen LogP contribution in [0.1, 0.15) is 34.5 Å². The van der Waals surface area contributed by atoms with Crippen molar-refractivity contribution in [2.75, 3.05) is 12.4 Å². The summed E-state index contributed by atoms with van der Waals surface area (Å²) in [5.74, 6) is -0.158. The number of ether oxygens (including phenoxy) is 1. The first kappa shape index (κ1) is 15.1. The first-order valence-electron chi connectivity index (χ1n) is 7.52. The molecule has 23 heavy (non-hydrogen) atoms. The van der Waals surface area contributed by atoms with E-state index in [0.717, 1.165) is 25.0 Å². The zero-order valence-corrected chi connectivity index (χ0v) is 12.8. The summed E-state index contributed by atoms with van der Waals surface area (Å²) in [6.07, 6.45) is 3.30. The van der Waals surface area contributed by atoms with Crippen molar-refractivity contribution in [3.8, 4) is 11.5 Å². The summed E-state index contributed by atoms with van der Waals surface area (Å²) in [7, 11) is 1.55. The number of nitrogens with one attached hydrogen (secondary N) is 2. The number of aromatic nitrogens is 1. The van der Waals surface area contributed by atoms with Crippen LogP contribution in [0.15, 0.2) is 29.1 Å². The molecule has 0 saturated heterocycles. The number of hydrogen-bond donors (Lipinski definition) is 3. The number of aromatic amines is 1. The Kier molecular flexibility index (Phi) is 4.06. The van der Waals surface area contributed by atoms with Gasteiger partial charge in [0.25, 0.3) is 11.5 Å². The van der Waals surface area contributed by atoms with E-state index in [1.807, 2.05) is 0 Å². The van der Waals surface area contributed by atoms with Crippen LogP contribution < -0.4 is 15.6 Å². The van der Waals surface area contributed by atoms with E-state index in [4.69, 9.17) is 4.74 Å². The molecule has 1 aliphatic carbocycles. The Balaban J connectivity index is 1.91. The van der Waals surface area contributed by atoms with Crippen LogP contribution in [-0.2, 0) is 12.8 Å². The van der Waals surface area contributed by atoms with Crippen molar-refractivity contribution in [2.45, 2.75) is 25.7 Å². The molecule has 1 amide bonds. The molecule has 6 heteroatoms. The van der Waals surface area contributed by atoms with Gasteiger partial charge in [0.1, 0.15) is 17.1 Å². The lowest BCUT2D eigenvalue weighted by atomic mass is 9.93. The summed E-state index contributed by atoms with van der Waals surface area (Å²) in [5, 5.41) is 13.0. The minimum atomic E-state index is -0.623. The summed E-state index contributed by atoms with van der Waals surface area (Å²) in [4.78, 5) is 27.2. The van der Waals surface area contributed by atoms with E-state index < -0.39 is 11.5 Å². The molecule has 0 unspecified atom stereocenters. The van der Waals surface area contributed by atoms with E-state index >= 15 is 0 Å². The monoisotopic (exact) mass is 314 g/mol. The Labute approximate surface area is 133 Å². The normalized spacial score (nSPS) is 13.3. The Bertz CT molecular complexity index is 793. The van der Waals surface area contributed by atoms with Crippen LogP contribution in [0.3, 0.4) is 0 Å². The van der Waals surface area contributed by atoms with Gasteiger partial charge in [-0.1, -0.05) is 0 Å². The lowest BCUT2D eigenvalue weighted by Gasteiger charge is -2.18. The summed E-state index contributed by atoms with van der Waals surface area (Å²) in [6, 6.07) is 6.74. The molecule has 0 saturated carbocycles. The average Bonchev–Trinajstić information content (AvgIpc) is 2.55. The highest BCUT2D eigenvalue weighted by atomic mass is 16.5. The third-order valence-corrected chi connectivity index (χ3v) is 4.06. The summed E-state index contributed by atoms with van der Waals surface area (Å²) in [6.45, 7) is 0. The van der Waals surface area contributed by atoms with Crippen LogP contribution in [0.4, 0.5) is 5.69 Å². The standard InChI is InChI=1S/C17H18N2O4/c1-23-11-8-6-10(7-9-11)18-16(21)14-15(20)12-4-2-3-5-13(12)19-17(14)22/h6-9H,2-5H2,1H3,(H,18,21)(H2,19,20,22). The predicted molar refractivity (Wildman–Crippen MR) is 86.3 cm³/mol. The zero-order valence-electron chi connectivity index (χ0n) is 12.8. The maximum Gasteiger partial charge on any atom is 0.265 e. The van der Waals surface area contributed by atoms with Gasteiger partial charge in [0, 0.05) is 16.9 Å². The summed E-state index contributed by atoms with van der Waals surface area (Å²) >= 11 is 0. The third kappa shape index (κ3) is 2.92. The minimum absolute atomic E-state index is 0.200. The molecular weight excluding hydrogens is 296 g/mol. The molecule has 0 aliphatic heterocycles. The second-order valence-corrected chi connectivity index (χ2v) is 5.52. The van der Waals surface area contributed by atoms with E-state index in [0.29, 0.717) is 23.4 Å². The number of aryl methyl sites for hydroxylation is 1. The molecular formula is C17H18N2O4. The van der Waals surface area contributed by atoms with Crippen molar-refractivity contribution in [3.05, 3.63) is 51.4 Å². The number of carbonyl (C=O) groups excluding carboxylic acids is 1. The van der Waals surface area contributed by atoms with Gasteiger partial charge in [0.05, 0.1) is 7.11 Å². The fourth-order valence-corrected chi connectivity index (χ4v) is 2.84. The smallest absolute Gasteiger partial charge is 0.265 e. The number of benzene rings is 1. The first-order chi connectivity index (χ1) is 11.1. The number of methoxy groups -OCH3 is 1. The maximum atomic E-state index is 12.4. The number of aromatic hydroxyl groups is 1. The molecule has 1 aliphatic rings. The quantitative estimate of drug-likeness (QED) is 0.810. The van der Waals surface area contributed by atoms with Crippen LogP contribution in [0.5, 0.6) is 11.5 Å². The molecule has 120 valence electrons. The average molecular weight is 314 g/mol. The molecule has 0 spiro atoms. The molecule has 0 atom stereocenters. The molecule has 1 heterocycles. The van der Waals surface area contributed by atoms with Gasteiger partial charge in [0.2, 0.25) is 0 Å². The number of hydrogen-bond acceptors (Lipinski definition) is 4. The zero-order chi connectivity index (χ0) is 16.4. The number of rotatable bonds is 3. The highest BCUT2D eigenvalue weighted by Gasteiger charge is 2.23. The maximum absolute atomic E-state index is 12.4. The van der Waals surface area contributed by atoms with Crippen molar-refractivity contribution in [1.82, 2.24) is 4.98 Å². The van der Waals surface area contributed by atoms with Gasteiger partial charge in [0.15, 0.2) is 0 Å². The van der Waals surface area contributed by atoms with Crippen molar-refractivity contribution >= 4 is 11.6 Å². The number of carbonyl (C=O) groups is 1. The second-order valence-electron chi connectivity index (χ2n) is 5.52. The van der Waals surface area contributed by atoms with Crippen LogP contribution in [0.2, 0.25) is 0 Å². The number of H-pyrrole nitrogens is 1. The Morgan fingerprint density at radius 1 is 1.22 bits per heavy atom. The molecule has 6 nitrogen and oxygen atoms in total. The van der Waals surface area contributed by atoms with Crippen LogP contribution in [0.25, 0.3) is 0 Å². The lowest BCUT2D eigenvalue weighted by molar-refractivity contribution is 0.102. The lowest BCUT2D eigenvalue weighted by Crippen LogP contribution is -2.26. The Morgan fingerprint density at radius 2 is 1.91 bits per heavy atom. The van der Waals surface area contributed by atoms with E-state index in [9.17, 15) is 14.7 Å². The van der Waals surface area contributed by atoms with Crippen LogP contribution >= 0.6 is 0 Å². The number of amides is 1. The van der Waals surface area contributed by atoms with Gasteiger partial charge in [-0.15, -0.1) is 0 Å². The number of anilines is 1.